The molecule has 0 aliphatic carbocycles. The molecule has 0 bridgehead atoms. The molecule has 0 aromatic heterocycles. The summed E-state index contributed by atoms with van der Waals surface area (Å²) in [4.78, 5) is 2.10. The highest BCUT2D eigenvalue weighted by Gasteiger charge is 2.25. The van der Waals surface area contributed by atoms with Gasteiger partial charge in [0.05, 0.1) is 0 Å². The highest BCUT2D eigenvalue weighted by Crippen LogP contribution is 2.20. The van der Waals surface area contributed by atoms with Crippen molar-refractivity contribution in [2.75, 3.05) is 33.7 Å². The van der Waals surface area contributed by atoms with Gasteiger partial charge in [-0.25, -0.2) is 0 Å². The van der Waals surface area contributed by atoms with Crippen LogP contribution in [0.5, 0.6) is 0 Å². The van der Waals surface area contributed by atoms with E-state index in [0.717, 1.165) is 25.9 Å². The van der Waals surface area contributed by atoms with Gasteiger partial charge in [0.25, 0.3) is 0 Å². The van der Waals surface area contributed by atoms with Crippen LogP contribution in [0.25, 0.3) is 0 Å². The lowest BCUT2D eigenvalue weighted by atomic mass is 10.2. The molecule has 0 unspecified atom stereocenters. The lowest BCUT2D eigenvalue weighted by Gasteiger charge is -2.09. The van der Waals surface area contributed by atoms with E-state index in [0.29, 0.717) is 6.54 Å². The van der Waals surface area contributed by atoms with Crippen molar-refractivity contribution in [2.45, 2.75) is 31.9 Å². The molecule has 92 valence electrons. The first-order chi connectivity index (χ1) is 6.92. The summed E-state index contributed by atoms with van der Waals surface area (Å²) in [6, 6.07) is 0. The number of alkyl halides is 3. The molecule has 2 nitrogen and oxygen atoms in total. The van der Waals surface area contributed by atoms with Crippen LogP contribution in [0.15, 0.2) is 0 Å². The Morgan fingerprint density at radius 3 is 2.13 bits per heavy atom. The minimum atomic E-state index is -4.01. The molecule has 15 heavy (non-hydrogen) atoms. The molecule has 0 aliphatic heterocycles. The highest BCUT2D eigenvalue weighted by atomic mass is 19.4. The monoisotopic (exact) mass is 226 g/mol. The maximum absolute atomic E-state index is 11.7. The smallest absolute Gasteiger partial charge is 0.317 e. The van der Waals surface area contributed by atoms with E-state index >= 15 is 0 Å². The molecule has 0 saturated carbocycles. The molecule has 0 spiro atoms. The fourth-order valence-corrected chi connectivity index (χ4v) is 1.22. The summed E-state index contributed by atoms with van der Waals surface area (Å²) in [5.41, 5.74) is 0. The number of hydrogen-bond acceptors (Lipinski definition) is 2. The fraction of sp³-hybridized carbons (Fsp3) is 1.00. The van der Waals surface area contributed by atoms with Crippen LogP contribution in [-0.2, 0) is 0 Å². The summed E-state index contributed by atoms with van der Waals surface area (Å²) in [6.07, 6.45) is -2.41. The Hall–Kier alpha value is -0.290. The Labute approximate surface area is 89.8 Å². The van der Waals surface area contributed by atoms with Crippen molar-refractivity contribution >= 4 is 0 Å². The van der Waals surface area contributed by atoms with Gasteiger partial charge in [-0.2, -0.15) is 13.2 Å². The van der Waals surface area contributed by atoms with Crippen molar-refractivity contribution in [2.24, 2.45) is 0 Å². The first-order valence-corrected chi connectivity index (χ1v) is 5.34. The van der Waals surface area contributed by atoms with E-state index in [9.17, 15) is 13.2 Å². The molecule has 0 atom stereocenters. The summed E-state index contributed by atoms with van der Waals surface area (Å²) in [7, 11) is 4.02. The zero-order valence-electron chi connectivity index (χ0n) is 9.53. The number of hydrogen-bond donors (Lipinski definition) is 1. The van der Waals surface area contributed by atoms with E-state index in [4.69, 9.17) is 0 Å². The number of nitrogens with zero attached hydrogens (tertiary/aromatic N) is 1. The molecule has 0 aromatic rings. The number of unbranched alkanes of at least 4 members (excludes halogenated alkanes) is 1. The topological polar surface area (TPSA) is 15.3 Å². The summed E-state index contributed by atoms with van der Waals surface area (Å²) in [5, 5.41) is 3.01. The second-order valence-electron chi connectivity index (χ2n) is 3.98. The van der Waals surface area contributed by atoms with Crippen LogP contribution >= 0.6 is 0 Å². The van der Waals surface area contributed by atoms with Gasteiger partial charge in [-0.05, 0) is 53.0 Å². The first kappa shape index (κ1) is 14.7. The minimum absolute atomic E-state index is 0.178. The second-order valence-corrected chi connectivity index (χ2v) is 3.98. The van der Waals surface area contributed by atoms with Gasteiger partial charge in [0.2, 0.25) is 0 Å². The van der Waals surface area contributed by atoms with Crippen LogP contribution in [0.1, 0.15) is 25.7 Å². The van der Waals surface area contributed by atoms with Gasteiger partial charge in [0.1, 0.15) is 0 Å². The maximum Gasteiger partial charge on any atom is 0.389 e. The normalized spacial score (nSPS) is 12.4. The standard InChI is InChI=1S/C10H21F3N2/c1-15(2)9-4-3-7-14-8-5-6-10(11,12)13/h14H,3-9H2,1-2H3. The SMILES string of the molecule is CN(C)CCCCNCCCC(F)(F)F. The largest absolute Gasteiger partial charge is 0.389 e. The van der Waals surface area contributed by atoms with Gasteiger partial charge in [0.15, 0.2) is 0 Å². The number of halogens is 3. The summed E-state index contributed by atoms with van der Waals surface area (Å²) < 4.78 is 35.2. The minimum Gasteiger partial charge on any atom is -0.317 e. The molecular weight excluding hydrogens is 205 g/mol. The maximum atomic E-state index is 11.7. The molecule has 0 heterocycles. The Bertz CT molecular complexity index is 146. The zero-order chi connectivity index (χ0) is 11.7. The van der Waals surface area contributed by atoms with E-state index in [1.54, 1.807) is 0 Å². The molecule has 0 radical (unpaired) electrons. The lowest BCUT2D eigenvalue weighted by Crippen LogP contribution is -2.20. The Morgan fingerprint density at radius 2 is 1.60 bits per heavy atom. The summed E-state index contributed by atoms with van der Waals surface area (Å²) >= 11 is 0. The second kappa shape index (κ2) is 7.93. The molecule has 1 N–H and O–H groups in total. The molecular formula is C10H21F3N2. The fourth-order valence-electron chi connectivity index (χ4n) is 1.22. The van der Waals surface area contributed by atoms with Crippen molar-refractivity contribution < 1.29 is 13.2 Å². The number of rotatable bonds is 8. The van der Waals surface area contributed by atoms with Gasteiger partial charge in [-0.3, -0.25) is 0 Å². The first-order valence-electron chi connectivity index (χ1n) is 5.34. The average Bonchev–Trinajstić information content (AvgIpc) is 2.07. The molecule has 0 aromatic carbocycles. The van der Waals surface area contributed by atoms with Crippen molar-refractivity contribution in [1.82, 2.24) is 10.2 Å². The predicted molar refractivity (Wildman–Crippen MR) is 55.9 cm³/mol. The van der Waals surface area contributed by atoms with Crippen molar-refractivity contribution in [3.8, 4) is 0 Å². The molecule has 0 amide bonds. The van der Waals surface area contributed by atoms with Gasteiger partial charge in [0, 0.05) is 6.42 Å². The third kappa shape index (κ3) is 13.7. The van der Waals surface area contributed by atoms with Crippen LogP contribution in [0.3, 0.4) is 0 Å². The van der Waals surface area contributed by atoms with Crippen molar-refractivity contribution in [3.63, 3.8) is 0 Å². The third-order valence-corrected chi connectivity index (χ3v) is 2.02. The van der Waals surface area contributed by atoms with Gasteiger partial charge < -0.3 is 10.2 Å². The predicted octanol–water partition coefficient (Wildman–Crippen LogP) is 2.26. The Morgan fingerprint density at radius 1 is 1.00 bits per heavy atom. The van der Waals surface area contributed by atoms with Crippen LogP contribution in [0, 0.1) is 0 Å². The van der Waals surface area contributed by atoms with Crippen LogP contribution in [-0.4, -0.2) is 44.8 Å². The van der Waals surface area contributed by atoms with Crippen molar-refractivity contribution in [3.05, 3.63) is 0 Å². The summed E-state index contributed by atoms with van der Waals surface area (Å²) in [5.74, 6) is 0. The van der Waals surface area contributed by atoms with Crippen LogP contribution in [0.2, 0.25) is 0 Å². The Balaban J connectivity index is 3.06. The van der Waals surface area contributed by atoms with Gasteiger partial charge in [-0.15, -0.1) is 0 Å². The lowest BCUT2D eigenvalue weighted by molar-refractivity contribution is -0.135. The summed E-state index contributed by atoms with van der Waals surface area (Å²) in [6.45, 7) is 2.30. The van der Waals surface area contributed by atoms with E-state index in [1.807, 2.05) is 14.1 Å². The van der Waals surface area contributed by atoms with Crippen LogP contribution < -0.4 is 5.32 Å². The van der Waals surface area contributed by atoms with E-state index in [1.165, 1.54) is 0 Å². The molecule has 0 saturated heterocycles. The molecule has 0 aliphatic rings. The van der Waals surface area contributed by atoms with Gasteiger partial charge >= 0.3 is 6.18 Å². The average molecular weight is 226 g/mol. The molecule has 0 rings (SSSR count). The third-order valence-electron chi connectivity index (χ3n) is 2.02. The Kier molecular flexibility index (Phi) is 7.78. The molecule has 5 heteroatoms. The van der Waals surface area contributed by atoms with E-state index in [-0.39, 0.29) is 6.42 Å². The van der Waals surface area contributed by atoms with E-state index in [2.05, 4.69) is 10.2 Å². The van der Waals surface area contributed by atoms with Crippen molar-refractivity contribution in [1.29, 1.82) is 0 Å². The highest BCUT2D eigenvalue weighted by molar-refractivity contribution is 4.55. The van der Waals surface area contributed by atoms with E-state index < -0.39 is 12.6 Å². The van der Waals surface area contributed by atoms with Gasteiger partial charge in [-0.1, -0.05) is 0 Å². The molecule has 0 fully saturated rings. The quantitative estimate of drug-likeness (QED) is 0.639. The van der Waals surface area contributed by atoms with Crippen LogP contribution in [0.4, 0.5) is 13.2 Å². The number of nitrogens with one attached hydrogen (secondary N) is 1. The zero-order valence-corrected chi connectivity index (χ0v) is 9.53.